The van der Waals surface area contributed by atoms with Gasteiger partial charge in [0.1, 0.15) is 10.7 Å². The van der Waals surface area contributed by atoms with Gasteiger partial charge in [0.05, 0.1) is 10.6 Å². The zero-order valence-electron chi connectivity index (χ0n) is 8.94. The van der Waals surface area contributed by atoms with Gasteiger partial charge in [-0.1, -0.05) is 0 Å². The second-order valence-corrected chi connectivity index (χ2v) is 5.76. The molecule has 0 aliphatic heterocycles. The zero-order valence-corrected chi connectivity index (χ0v) is 11.3. The number of pyridine rings is 1. The predicted molar refractivity (Wildman–Crippen MR) is 70.3 cm³/mol. The summed E-state index contributed by atoms with van der Waals surface area (Å²) in [7, 11) is 0. The fourth-order valence-corrected chi connectivity index (χ4v) is 3.58. The number of aromatic nitrogens is 2. The van der Waals surface area contributed by atoms with Crippen LogP contribution in [0, 0.1) is 0 Å². The number of aryl methyl sites for hydroxylation is 1. The first-order valence-corrected chi connectivity index (χ1v) is 7.00. The molecule has 1 aliphatic carbocycles. The Labute approximate surface area is 111 Å². The molecule has 0 saturated heterocycles. The fourth-order valence-electron chi connectivity index (χ4n) is 1.91. The Morgan fingerprint density at radius 3 is 3.00 bits per heavy atom. The summed E-state index contributed by atoms with van der Waals surface area (Å²) in [5, 5.41) is 0.831. The average molecular weight is 309 g/mol. The molecule has 2 aromatic rings. The Morgan fingerprint density at radius 1 is 1.35 bits per heavy atom. The molecule has 3 nitrogen and oxygen atoms in total. The largest absolute Gasteiger partial charge is 0.293 e. The number of Topliss-reactive ketones (excluding diaryl/α,β-unsaturated/α-hetero) is 1. The van der Waals surface area contributed by atoms with E-state index < -0.39 is 0 Å². The lowest BCUT2D eigenvalue weighted by Gasteiger charge is -2.06. The molecule has 0 atom stereocenters. The van der Waals surface area contributed by atoms with Crippen molar-refractivity contribution in [3.63, 3.8) is 0 Å². The van der Waals surface area contributed by atoms with Gasteiger partial charge >= 0.3 is 0 Å². The van der Waals surface area contributed by atoms with Gasteiger partial charge in [0.2, 0.25) is 0 Å². The maximum atomic E-state index is 11.8. The van der Waals surface area contributed by atoms with Gasteiger partial charge in [-0.3, -0.25) is 9.78 Å². The summed E-state index contributed by atoms with van der Waals surface area (Å²) in [5.41, 5.74) is 1.76. The summed E-state index contributed by atoms with van der Waals surface area (Å²) >= 11 is 4.92. The summed E-state index contributed by atoms with van der Waals surface area (Å²) < 4.78 is 0.915. The number of rotatable bonds is 1. The van der Waals surface area contributed by atoms with Crippen molar-refractivity contribution >= 4 is 33.0 Å². The van der Waals surface area contributed by atoms with E-state index in [4.69, 9.17) is 0 Å². The average Bonchev–Trinajstić information content (AvgIpc) is 2.75. The van der Waals surface area contributed by atoms with Crippen molar-refractivity contribution in [2.45, 2.75) is 19.3 Å². The van der Waals surface area contributed by atoms with Crippen molar-refractivity contribution in [3.8, 4) is 10.7 Å². The monoisotopic (exact) mass is 308 g/mol. The van der Waals surface area contributed by atoms with Crippen LogP contribution < -0.4 is 0 Å². The third-order valence-electron chi connectivity index (χ3n) is 2.73. The van der Waals surface area contributed by atoms with Gasteiger partial charge in [-0.25, -0.2) is 4.98 Å². The molecule has 0 amide bonds. The van der Waals surface area contributed by atoms with Crippen molar-refractivity contribution in [1.82, 2.24) is 9.97 Å². The van der Waals surface area contributed by atoms with Crippen LogP contribution in [0.2, 0.25) is 0 Å². The van der Waals surface area contributed by atoms with Gasteiger partial charge < -0.3 is 0 Å². The summed E-state index contributed by atoms with van der Waals surface area (Å²) in [6.07, 6.45) is 4.21. The van der Waals surface area contributed by atoms with Crippen LogP contribution in [0.3, 0.4) is 0 Å². The molecule has 1 aliphatic rings. The third-order valence-corrected chi connectivity index (χ3v) is 4.51. The van der Waals surface area contributed by atoms with Gasteiger partial charge in [-0.05, 0) is 40.9 Å². The van der Waals surface area contributed by atoms with E-state index >= 15 is 0 Å². The second kappa shape index (κ2) is 4.31. The normalized spacial score (nSPS) is 14.8. The van der Waals surface area contributed by atoms with E-state index in [1.807, 2.05) is 12.1 Å². The van der Waals surface area contributed by atoms with Crippen molar-refractivity contribution < 1.29 is 4.79 Å². The van der Waals surface area contributed by atoms with Crippen molar-refractivity contribution in [2.24, 2.45) is 0 Å². The number of thiazole rings is 1. The SMILES string of the molecule is O=C1CCCc2nc(-c3ncccc3Br)sc21. The van der Waals surface area contributed by atoms with E-state index in [0.717, 1.165) is 38.6 Å². The highest BCUT2D eigenvalue weighted by atomic mass is 79.9. The number of fused-ring (bicyclic) bond motifs is 1. The molecule has 5 heteroatoms. The molecule has 2 aromatic heterocycles. The van der Waals surface area contributed by atoms with Crippen LogP contribution >= 0.6 is 27.3 Å². The molecule has 0 bridgehead atoms. The van der Waals surface area contributed by atoms with Gasteiger partial charge in [0.25, 0.3) is 0 Å². The lowest BCUT2D eigenvalue weighted by Crippen LogP contribution is -2.07. The second-order valence-electron chi connectivity index (χ2n) is 3.91. The molecule has 0 unspecified atom stereocenters. The van der Waals surface area contributed by atoms with Crippen molar-refractivity contribution in [1.29, 1.82) is 0 Å². The molecule has 0 aromatic carbocycles. The van der Waals surface area contributed by atoms with E-state index in [0.29, 0.717) is 6.42 Å². The lowest BCUT2D eigenvalue weighted by atomic mass is 10.0. The molecular formula is C12H9BrN2OS. The first kappa shape index (κ1) is 11.0. The number of hydrogen-bond donors (Lipinski definition) is 0. The number of carbonyl (C=O) groups excluding carboxylic acids is 1. The third kappa shape index (κ3) is 1.93. The summed E-state index contributed by atoms with van der Waals surface area (Å²) in [4.78, 5) is 21.4. The van der Waals surface area contributed by atoms with E-state index in [-0.39, 0.29) is 5.78 Å². The molecule has 0 fully saturated rings. The topological polar surface area (TPSA) is 42.9 Å². The van der Waals surface area contributed by atoms with Crippen LogP contribution in [0.15, 0.2) is 22.8 Å². The predicted octanol–water partition coefficient (Wildman–Crippen LogP) is 3.49. The van der Waals surface area contributed by atoms with Crippen LogP contribution in [-0.2, 0) is 6.42 Å². The Morgan fingerprint density at radius 2 is 2.24 bits per heavy atom. The molecule has 17 heavy (non-hydrogen) atoms. The number of hydrogen-bond acceptors (Lipinski definition) is 4. The van der Waals surface area contributed by atoms with Crippen LogP contribution in [0.4, 0.5) is 0 Å². The number of ketones is 1. The number of halogens is 1. The summed E-state index contributed by atoms with van der Waals surface area (Å²) in [6, 6.07) is 3.80. The minimum absolute atomic E-state index is 0.224. The van der Waals surface area contributed by atoms with Gasteiger partial charge in [-0.15, -0.1) is 11.3 Å². The summed E-state index contributed by atoms with van der Waals surface area (Å²) in [6.45, 7) is 0. The van der Waals surface area contributed by atoms with E-state index in [2.05, 4.69) is 25.9 Å². The Balaban J connectivity index is 2.11. The summed E-state index contributed by atoms with van der Waals surface area (Å²) in [5.74, 6) is 0.224. The minimum atomic E-state index is 0.224. The maximum Gasteiger partial charge on any atom is 0.174 e. The highest BCUT2D eigenvalue weighted by Crippen LogP contribution is 2.34. The van der Waals surface area contributed by atoms with E-state index in [1.54, 1.807) is 6.20 Å². The quantitative estimate of drug-likeness (QED) is 0.810. The van der Waals surface area contributed by atoms with Crippen molar-refractivity contribution in [3.05, 3.63) is 33.4 Å². The number of nitrogens with zero attached hydrogens (tertiary/aromatic N) is 2. The smallest absolute Gasteiger partial charge is 0.174 e. The Kier molecular flexibility index (Phi) is 2.80. The van der Waals surface area contributed by atoms with Gasteiger partial charge in [0, 0.05) is 17.1 Å². The van der Waals surface area contributed by atoms with E-state index in [1.165, 1.54) is 11.3 Å². The minimum Gasteiger partial charge on any atom is -0.293 e. The molecule has 0 N–H and O–H groups in total. The Bertz CT molecular complexity index is 594. The molecule has 0 saturated carbocycles. The highest BCUT2D eigenvalue weighted by Gasteiger charge is 2.23. The van der Waals surface area contributed by atoms with Crippen LogP contribution in [-0.4, -0.2) is 15.8 Å². The fraction of sp³-hybridized carbons (Fsp3) is 0.250. The maximum absolute atomic E-state index is 11.8. The molecule has 0 spiro atoms. The van der Waals surface area contributed by atoms with Gasteiger partial charge in [0.15, 0.2) is 5.78 Å². The number of carbonyl (C=O) groups is 1. The lowest BCUT2D eigenvalue weighted by molar-refractivity contribution is 0.0976. The molecule has 2 heterocycles. The Hall–Kier alpha value is -1.07. The first-order valence-electron chi connectivity index (χ1n) is 5.39. The molecular weight excluding hydrogens is 300 g/mol. The van der Waals surface area contributed by atoms with Crippen molar-refractivity contribution in [2.75, 3.05) is 0 Å². The van der Waals surface area contributed by atoms with Crippen LogP contribution in [0.25, 0.3) is 10.7 Å². The zero-order chi connectivity index (χ0) is 11.8. The molecule has 0 radical (unpaired) electrons. The first-order chi connectivity index (χ1) is 8.25. The standard InChI is InChI=1S/C12H9BrN2OS/c13-7-3-2-6-14-10(7)12-15-8-4-1-5-9(16)11(8)17-12/h2-3,6H,1,4-5H2. The van der Waals surface area contributed by atoms with E-state index in [9.17, 15) is 4.79 Å². The van der Waals surface area contributed by atoms with Crippen LogP contribution in [0.5, 0.6) is 0 Å². The molecule has 3 rings (SSSR count). The van der Waals surface area contributed by atoms with Gasteiger partial charge in [-0.2, -0.15) is 0 Å². The highest BCUT2D eigenvalue weighted by molar-refractivity contribution is 9.10. The molecule has 86 valence electrons. The van der Waals surface area contributed by atoms with Crippen LogP contribution in [0.1, 0.15) is 28.2 Å².